The van der Waals surface area contributed by atoms with Crippen LogP contribution in [0.4, 0.5) is 0 Å². The summed E-state index contributed by atoms with van der Waals surface area (Å²) in [5.41, 5.74) is 0.378. The number of carbonyl (C=O) groups is 1. The predicted molar refractivity (Wildman–Crippen MR) is 79.0 cm³/mol. The third-order valence-corrected chi connectivity index (χ3v) is 2.78. The third kappa shape index (κ3) is 5.61. The van der Waals surface area contributed by atoms with Crippen molar-refractivity contribution in [2.45, 2.75) is 26.0 Å². The molecule has 21 heavy (non-hydrogen) atoms. The first-order valence-corrected chi connectivity index (χ1v) is 6.78. The molecule has 0 aliphatic carbocycles. The van der Waals surface area contributed by atoms with Crippen molar-refractivity contribution in [2.75, 3.05) is 27.4 Å². The summed E-state index contributed by atoms with van der Waals surface area (Å²) in [5, 5.41) is 12.9. The van der Waals surface area contributed by atoms with Crippen molar-refractivity contribution in [3.05, 3.63) is 23.8 Å². The highest BCUT2D eigenvalue weighted by molar-refractivity contribution is 5.90. The van der Waals surface area contributed by atoms with Gasteiger partial charge < -0.3 is 24.6 Å². The SMILES string of the molecule is COC(=O)c1ccc(OCC(O)CNC(C)C)c(OC)c1. The fourth-order valence-corrected chi connectivity index (χ4v) is 1.65. The van der Waals surface area contributed by atoms with Crippen molar-refractivity contribution in [3.63, 3.8) is 0 Å². The zero-order chi connectivity index (χ0) is 15.8. The first-order chi connectivity index (χ1) is 9.97. The minimum Gasteiger partial charge on any atom is -0.493 e. The number of aliphatic hydroxyl groups is 1. The number of aliphatic hydroxyl groups excluding tert-OH is 1. The van der Waals surface area contributed by atoms with E-state index in [1.54, 1.807) is 18.2 Å². The van der Waals surface area contributed by atoms with Gasteiger partial charge in [0.2, 0.25) is 0 Å². The Kier molecular flexibility index (Phi) is 6.98. The van der Waals surface area contributed by atoms with E-state index in [1.165, 1.54) is 14.2 Å². The maximum atomic E-state index is 11.4. The van der Waals surface area contributed by atoms with Gasteiger partial charge >= 0.3 is 5.97 Å². The molecule has 1 atom stereocenters. The van der Waals surface area contributed by atoms with Gasteiger partial charge in [0.25, 0.3) is 0 Å². The molecule has 2 N–H and O–H groups in total. The van der Waals surface area contributed by atoms with Crippen molar-refractivity contribution in [1.29, 1.82) is 0 Å². The third-order valence-electron chi connectivity index (χ3n) is 2.78. The highest BCUT2D eigenvalue weighted by Crippen LogP contribution is 2.28. The number of rotatable bonds is 8. The van der Waals surface area contributed by atoms with Crippen LogP contribution < -0.4 is 14.8 Å². The second-order valence-corrected chi connectivity index (χ2v) is 4.88. The molecule has 1 unspecified atom stereocenters. The van der Waals surface area contributed by atoms with Gasteiger partial charge in [0, 0.05) is 12.6 Å². The molecule has 0 aliphatic rings. The largest absolute Gasteiger partial charge is 0.493 e. The van der Waals surface area contributed by atoms with Crippen LogP contribution in [0.25, 0.3) is 0 Å². The Morgan fingerprint density at radius 2 is 2.00 bits per heavy atom. The quantitative estimate of drug-likeness (QED) is 0.703. The molecule has 0 aromatic heterocycles. The van der Waals surface area contributed by atoms with E-state index in [4.69, 9.17) is 9.47 Å². The molecule has 0 heterocycles. The van der Waals surface area contributed by atoms with E-state index in [0.717, 1.165) is 0 Å². The summed E-state index contributed by atoms with van der Waals surface area (Å²) in [6.07, 6.45) is -0.627. The van der Waals surface area contributed by atoms with Crippen molar-refractivity contribution < 1.29 is 24.1 Å². The standard InChI is InChI=1S/C15H23NO5/c1-10(2)16-8-12(17)9-21-13-6-5-11(15(18)20-4)7-14(13)19-3/h5-7,10,12,16-17H,8-9H2,1-4H3. The number of esters is 1. The van der Waals surface area contributed by atoms with Crippen molar-refractivity contribution in [1.82, 2.24) is 5.32 Å². The van der Waals surface area contributed by atoms with Crippen LogP contribution in [-0.2, 0) is 4.74 Å². The molecule has 0 amide bonds. The summed E-state index contributed by atoms with van der Waals surface area (Å²) in [6.45, 7) is 4.58. The van der Waals surface area contributed by atoms with Crippen LogP contribution in [0.15, 0.2) is 18.2 Å². The van der Waals surface area contributed by atoms with Crippen LogP contribution in [0.1, 0.15) is 24.2 Å². The molecule has 0 saturated carbocycles. The molecule has 0 bridgehead atoms. The maximum Gasteiger partial charge on any atom is 0.337 e. The van der Waals surface area contributed by atoms with E-state index in [1.807, 2.05) is 13.8 Å². The topological polar surface area (TPSA) is 77.0 Å². The van der Waals surface area contributed by atoms with Crippen LogP contribution in [-0.4, -0.2) is 50.6 Å². The first-order valence-electron chi connectivity index (χ1n) is 6.78. The fraction of sp³-hybridized carbons (Fsp3) is 0.533. The summed E-state index contributed by atoms with van der Waals surface area (Å²) in [5.74, 6) is 0.441. The Hall–Kier alpha value is -1.79. The second-order valence-electron chi connectivity index (χ2n) is 4.88. The summed E-state index contributed by atoms with van der Waals surface area (Å²) >= 11 is 0. The van der Waals surface area contributed by atoms with E-state index >= 15 is 0 Å². The maximum absolute atomic E-state index is 11.4. The lowest BCUT2D eigenvalue weighted by atomic mass is 10.2. The van der Waals surface area contributed by atoms with E-state index in [0.29, 0.717) is 29.6 Å². The minimum atomic E-state index is -0.627. The number of nitrogens with one attached hydrogen (secondary N) is 1. The van der Waals surface area contributed by atoms with Gasteiger partial charge in [0.15, 0.2) is 11.5 Å². The highest BCUT2D eigenvalue weighted by Gasteiger charge is 2.13. The number of ether oxygens (including phenoxy) is 3. The highest BCUT2D eigenvalue weighted by atomic mass is 16.5. The molecule has 0 spiro atoms. The number of benzene rings is 1. The summed E-state index contributed by atoms with van der Waals surface area (Å²) in [4.78, 5) is 11.4. The first kappa shape index (κ1) is 17.3. The minimum absolute atomic E-state index is 0.133. The van der Waals surface area contributed by atoms with Crippen molar-refractivity contribution in [2.24, 2.45) is 0 Å². The molecule has 0 radical (unpaired) electrons. The van der Waals surface area contributed by atoms with E-state index in [-0.39, 0.29) is 6.61 Å². The van der Waals surface area contributed by atoms with Gasteiger partial charge in [-0.2, -0.15) is 0 Å². The summed E-state index contributed by atoms with van der Waals surface area (Å²) < 4.78 is 15.3. The van der Waals surface area contributed by atoms with Crippen LogP contribution in [0.5, 0.6) is 11.5 Å². The zero-order valence-corrected chi connectivity index (χ0v) is 12.9. The fourth-order valence-electron chi connectivity index (χ4n) is 1.65. The number of hydrogen-bond donors (Lipinski definition) is 2. The molecule has 6 nitrogen and oxygen atoms in total. The molecular weight excluding hydrogens is 274 g/mol. The van der Waals surface area contributed by atoms with Gasteiger partial charge in [-0.25, -0.2) is 4.79 Å². The van der Waals surface area contributed by atoms with Gasteiger partial charge in [-0.1, -0.05) is 13.8 Å². The van der Waals surface area contributed by atoms with Gasteiger partial charge in [0.1, 0.15) is 12.7 Å². The van der Waals surface area contributed by atoms with Crippen LogP contribution in [0, 0.1) is 0 Å². The van der Waals surface area contributed by atoms with Gasteiger partial charge in [-0.05, 0) is 18.2 Å². The molecule has 0 fully saturated rings. The van der Waals surface area contributed by atoms with Crippen LogP contribution in [0.2, 0.25) is 0 Å². The monoisotopic (exact) mass is 297 g/mol. The Bertz CT molecular complexity index is 461. The summed E-state index contributed by atoms with van der Waals surface area (Å²) in [7, 11) is 2.80. The average molecular weight is 297 g/mol. The number of carbonyl (C=O) groups excluding carboxylic acids is 1. The molecule has 0 saturated heterocycles. The lowest BCUT2D eigenvalue weighted by Gasteiger charge is -2.16. The smallest absolute Gasteiger partial charge is 0.337 e. The Labute approximate surface area is 125 Å². The molecular formula is C15H23NO5. The van der Waals surface area contributed by atoms with Gasteiger partial charge in [-0.15, -0.1) is 0 Å². The Morgan fingerprint density at radius 1 is 1.29 bits per heavy atom. The lowest BCUT2D eigenvalue weighted by Crippen LogP contribution is -2.35. The second kappa shape index (κ2) is 8.49. The molecule has 1 aromatic rings. The predicted octanol–water partition coefficient (Wildman–Crippen LogP) is 1.22. The van der Waals surface area contributed by atoms with E-state index in [9.17, 15) is 9.90 Å². The zero-order valence-electron chi connectivity index (χ0n) is 12.9. The van der Waals surface area contributed by atoms with Crippen LogP contribution in [0.3, 0.4) is 0 Å². The lowest BCUT2D eigenvalue weighted by molar-refractivity contribution is 0.0600. The van der Waals surface area contributed by atoms with Gasteiger partial charge in [0.05, 0.1) is 19.8 Å². The summed E-state index contributed by atoms with van der Waals surface area (Å²) in [6, 6.07) is 5.05. The molecule has 1 rings (SSSR count). The normalized spacial score (nSPS) is 12.1. The Morgan fingerprint density at radius 3 is 2.57 bits per heavy atom. The molecule has 0 aliphatic heterocycles. The average Bonchev–Trinajstić information content (AvgIpc) is 2.49. The Balaban J connectivity index is 2.64. The molecule has 118 valence electrons. The number of hydrogen-bond acceptors (Lipinski definition) is 6. The number of methoxy groups -OCH3 is 2. The van der Waals surface area contributed by atoms with E-state index in [2.05, 4.69) is 10.1 Å². The molecule has 6 heteroatoms. The van der Waals surface area contributed by atoms with Gasteiger partial charge in [-0.3, -0.25) is 0 Å². The van der Waals surface area contributed by atoms with Crippen molar-refractivity contribution in [3.8, 4) is 11.5 Å². The van der Waals surface area contributed by atoms with Crippen molar-refractivity contribution >= 4 is 5.97 Å². The van der Waals surface area contributed by atoms with Crippen LogP contribution >= 0.6 is 0 Å². The molecule has 1 aromatic carbocycles. The van der Waals surface area contributed by atoms with E-state index < -0.39 is 12.1 Å².